The topological polar surface area (TPSA) is 26.9 Å². The first-order valence-corrected chi connectivity index (χ1v) is 10.5. The van der Waals surface area contributed by atoms with Gasteiger partial charge in [-0.3, -0.25) is 4.79 Å². The number of para-hydroxylation sites is 2. The monoisotopic (exact) mass is 394 g/mol. The number of carbonyl (C=O) groups excluding carboxylic acids is 1. The predicted octanol–water partition coefficient (Wildman–Crippen LogP) is 6.14. The van der Waals surface area contributed by atoms with Gasteiger partial charge in [0.15, 0.2) is 5.78 Å². The van der Waals surface area contributed by atoms with Crippen LogP contribution in [0.2, 0.25) is 0 Å². The van der Waals surface area contributed by atoms with E-state index in [4.69, 9.17) is 0 Å². The van der Waals surface area contributed by atoms with E-state index in [-0.39, 0.29) is 5.78 Å². The molecule has 1 saturated carbocycles. The van der Waals surface area contributed by atoms with Crippen LogP contribution in [0.15, 0.2) is 72.1 Å². The number of aryl methyl sites for hydroxylation is 2. The van der Waals surface area contributed by atoms with Crippen LogP contribution in [0.3, 0.4) is 0 Å². The molecule has 0 unspecified atom stereocenters. The SMILES string of the molecule is CC1C/C(=C\c2cn(C)c3ccccc23)C(=O)/C(=C/c2cn(C)c3ccccc23)C1. The third-order valence-electron chi connectivity index (χ3n) is 6.24. The number of benzene rings is 2. The van der Waals surface area contributed by atoms with Gasteiger partial charge < -0.3 is 9.13 Å². The summed E-state index contributed by atoms with van der Waals surface area (Å²) in [5.41, 5.74) is 6.44. The zero-order valence-electron chi connectivity index (χ0n) is 17.7. The molecule has 0 amide bonds. The molecule has 0 saturated heterocycles. The highest BCUT2D eigenvalue weighted by molar-refractivity contribution is 6.15. The summed E-state index contributed by atoms with van der Waals surface area (Å²) < 4.78 is 4.26. The largest absolute Gasteiger partial charge is 0.350 e. The highest BCUT2D eigenvalue weighted by Crippen LogP contribution is 2.34. The quantitative estimate of drug-likeness (QED) is 0.375. The fourth-order valence-corrected chi connectivity index (χ4v) is 4.82. The van der Waals surface area contributed by atoms with E-state index in [1.165, 1.54) is 21.8 Å². The van der Waals surface area contributed by atoms with Gasteiger partial charge >= 0.3 is 0 Å². The molecule has 0 atom stereocenters. The molecule has 5 rings (SSSR count). The van der Waals surface area contributed by atoms with Crippen LogP contribution in [-0.4, -0.2) is 14.9 Å². The smallest absolute Gasteiger partial charge is 0.185 e. The summed E-state index contributed by atoms with van der Waals surface area (Å²) in [5, 5.41) is 2.39. The number of aromatic nitrogens is 2. The first-order chi connectivity index (χ1) is 14.5. The standard InChI is InChI=1S/C27H26N2O/c1-18-12-19(14-21-16-28(2)25-10-6-4-8-23(21)25)27(30)20(13-18)15-22-17-29(3)26-11-7-5-9-24(22)26/h4-11,14-18H,12-13H2,1-3H3/b19-14+,20-15+. The van der Waals surface area contributed by atoms with Crippen LogP contribution in [0, 0.1) is 5.92 Å². The van der Waals surface area contributed by atoms with Crippen molar-refractivity contribution < 1.29 is 4.79 Å². The molecule has 0 spiro atoms. The summed E-state index contributed by atoms with van der Waals surface area (Å²) in [4.78, 5) is 13.4. The van der Waals surface area contributed by atoms with Crippen LogP contribution < -0.4 is 0 Å². The third kappa shape index (κ3) is 3.11. The van der Waals surface area contributed by atoms with Gasteiger partial charge in [0.1, 0.15) is 0 Å². The van der Waals surface area contributed by atoms with Gasteiger partial charge in [-0.1, -0.05) is 43.3 Å². The van der Waals surface area contributed by atoms with Crippen LogP contribution >= 0.6 is 0 Å². The molecule has 0 bridgehead atoms. The zero-order valence-corrected chi connectivity index (χ0v) is 17.7. The van der Waals surface area contributed by atoms with Crippen LogP contribution in [0.5, 0.6) is 0 Å². The van der Waals surface area contributed by atoms with Gasteiger partial charge in [0.05, 0.1) is 0 Å². The first kappa shape index (κ1) is 18.7. The van der Waals surface area contributed by atoms with Crippen molar-refractivity contribution in [3.8, 4) is 0 Å². The van der Waals surface area contributed by atoms with Gasteiger partial charge in [0.25, 0.3) is 0 Å². The number of Topliss-reactive ketones (excluding diaryl/α,β-unsaturated/α-hetero) is 1. The van der Waals surface area contributed by atoms with Crippen LogP contribution in [-0.2, 0) is 18.9 Å². The summed E-state index contributed by atoms with van der Waals surface area (Å²) in [7, 11) is 4.11. The van der Waals surface area contributed by atoms with Crippen molar-refractivity contribution in [2.75, 3.05) is 0 Å². The number of hydrogen-bond donors (Lipinski definition) is 0. The molecule has 3 nitrogen and oxygen atoms in total. The van der Waals surface area contributed by atoms with E-state index >= 15 is 0 Å². The Bertz CT molecular complexity index is 1240. The summed E-state index contributed by atoms with van der Waals surface area (Å²) in [6.07, 6.45) is 10.1. The molecule has 3 heteroatoms. The Kier molecular flexibility index (Phi) is 4.47. The van der Waals surface area contributed by atoms with Gasteiger partial charge in [-0.25, -0.2) is 0 Å². The second kappa shape index (κ2) is 7.17. The first-order valence-electron chi connectivity index (χ1n) is 10.5. The average Bonchev–Trinajstić information content (AvgIpc) is 3.23. The molecule has 0 N–H and O–H groups in total. The van der Waals surface area contributed by atoms with Crippen molar-refractivity contribution in [1.82, 2.24) is 9.13 Å². The van der Waals surface area contributed by atoms with E-state index in [2.05, 4.69) is 103 Å². The molecule has 0 aliphatic heterocycles. The lowest BCUT2D eigenvalue weighted by atomic mass is 9.81. The number of hydrogen-bond acceptors (Lipinski definition) is 1. The lowest BCUT2D eigenvalue weighted by molar-refractivity contribution is -0.113. The molecule has 2 heterocycles. The molecular weight excluding hydrogens is 368 g/mol. The Morgan fingerprint density at radius 3 is 1.67 bits per heavy atom. The van der Waals surface area contributed by atoms with E-state index in [1.807, 2.05) is 0 Å². The second-order valence-corrected chi connectivity index (χ2v) is 8.61. The second-order valence-electron chi connectivity index (χ2n) is 8.61. The Balaban J connectivity index is 1.58. The van der Waals surface area contributed by atoms with E-state index in [0.717, 1.165) is 35.1 Å². The average molecular weight is 395 g/mol. The Labute approximate surface area is 176 Å². The Morgan fingerprint density at radius 2 is 1.20 bits per heavy atom. The number of fused-ring (bicyclic) bond motifs is 2. The molecule has 0 radical (unpaired) electrons. The molecule has 2 aromatic carbocycles. The predicted molar refractivity (Wildman–Crippen MR) is 125 cm³/mol. The summed E-state index contributed by atoms with van der Waals surface area (Å²) in [5.74, 6) is 0.638. The van der Waals surface area contributed by atoms with Crippen molar-refractivity contribution in [3.63, 3.8) is 0 Å². The van der Waals surface area contributed by atoms with Gasteiger partial charge in [-0.2, -0.15) is 0 Å². The molecular formula is C27H26N2O. The van der Waals surface area contributed by atoms with Crippen LogP contribution in [0.4, 0.5) is 0 Å². The van der Waals surface area contributed by atoms with E-state index < -0.39 is 0 Å². The summed E-state index contributed by atoms with van der Waals surface area (Å²) in [6.45, 7) is 2.24. The molecule has 1 aliphatic carbocycles. The maximum absolute atomic E-state index is 13.4. The van der Waals surface area contributed by atoms with Crippen molar-refractivity contribution >= 4 is 39.7 Å². The van der Waals surface area contributed by atoms with E-state index in [0.29, 0.717) is 5.92 Å². The lowest BCUT2D eigenvalue weighted by Gasteiger charge is -2.22. The minimum absolute atomic E-state index is 0.189. The number of rotatable bonds is 2. The zero-order chi connectivity index (χ0) is 20.8. The van der Waals surface area contributed by atoms with Crippen LogP contribution in [0.25, 0.3) is 34.0 Å². The number of allylic oxidation sites excluding steroid dienone is 2. The number of nitrogens with zero attached hydrogens (tertiary/aromatic N) is 2. The molecule has 30 heavy (non-hydrogen) atoms. The summed E-state index contributed by atoms with van der Waals surface area (Å²) >= 11 is 0. The molecule has 1 aliphatic rings. The van der Waals surface area contributed by atoms with Gasteiger partial charge in [-0.05, 0) is 43.0 Å². The van der Waals surface area contributed by atoms with E-state index in [1.54, 1.807) is 0 Å². The Hall–Kier alpha value is -3.33. The van der Waals surface area contributed by atoms with E-state index in [9.17, 15) is 4.79 Å². The minimum atomic E-state index is 0.189. The number of ketones is 1. The minimum Gasteiger partial charge on any atom is -0.350 e. The summed E-state index contributed by atoms with van der Waals surface area (Å²) in [6, 6.07) is 16.7. The van der Waals surface area contributed by atoms with Gasteiger partial charge in [-0.15, -0.1) is 0 Å². The maximum atomic E-state index is 13.4. The fraction of sp³-hybridized carbons (Fsp3) is 0.222. The number of carbonyl (C=O) groups is 1. The molecule has 4 aromatic rings. The highest BCUT2D eigenvalue weighted by Gasteiger charge is 2.26. The molecule has 150 valence electrons. The Morgan fingerprint density at radius 1 is 0.767 bits per heavy atom. The third-order valence-corrected chi connectivity index (χ3v) is 6.24. The lowest BCUT2D eigenvalue weighted by Crippen LogP contribution is -2.18. The van der Waals surface area contributed by atoms with Crippen molar-refractivity contribution in [1.29, 1.82) is 0 Å². The van der Waals surface area contributed by atoms with Crippen LogP contribution in [0.1, 0.15) is 30.9 Å². The normalized spacial score (nSPS) is 20.1. The maximum Gasteiger partial charge on any atom is 0.185 e. The highest BCUT2D eigenvalue weighted by atomic mass is 16.1. The fourth-order valence-electron chi connectivity index (χ4n) is 4.82. The van der Waals surface area contributed by atoms with Crippen molar-refractivity contribution in [2.24, 2.45) is 20.0 Å². The van der Waals surface area contributed by atoms with Gasteiger partial charge in [0.2, 0.25) is 0 Å². The van der Waals surface area contributed by atoms with Crippen molar-refractivity contribution in [2.45, 2.75) is 19.8 Å². The molecule has 2 aromatic heterocycles. The van der Waals surface area contributed by atoms with Gasteiger partial charge in [0, 0.05) is 70.6 Å². The van der Waals surface area contributed by atoms with Crippen molar-refractivity contribution in [3.05, 3.63) is 83.2 Å². The molecule has 1 fully saturated rings.